The minimum absolute atomic E-state index is 0.0406. The Hall–Kier alpha value is -3.60. The average molecular weight is 366 g/mol. The van der Waals surface area contributed by atoms with Gasteiger partial charge in [0.2, 0.25) is 0 Å². The molecule has 0 unspecified atom stereocenters. The maximum Gasteiger partial charge on any atom is 0.301 e. The van der Waals surface area contributed by atoms with E-state index in [9.17, 15) is 30.3 Å². The molecular formula is C13H8ClN5O6. The minimum Gasteiger partial charge on any atom is -0.272 e. The average Bonchev–Trinajstić information content (AvgIpc) is 2.55. The normalized spacial score (nSPS) is 10.6. The molecule has 0 aliphatic heterocycles. The number of rotatable bonds is 6. The third kappa shape index (κ3) is 4.23. The van der Waals surface area contributed by atoms with Gasteiger partial charge in [0.25, 0.3) is 11.4 Å². The van der Waals surface area contributed by atoms with E-state index in [1.807, 2.05) is 0 Å². The SMILES string of the molecule is O=[N+]([O-])c1ccc(N/N=C\c2ccc(Cl)c([N+](=O)[O-])c2)c([N+](=O)[O-])c1. The van der Waals surface area contributed by atoms with Gasteiger partial charge >= 0.3 is 5.69 Å². The first kappa shape index (κ1) is 17.7. The van der Waals surface area contributed by atoms with Gasteiger partial charge in [-0.2, -0.15) is 5.10 Å². The van der Waals surface area contributed by atoms with E-state index in [1.54, 1.807) is 0 Å². The number of benzene rings is 2. The molecule has 0 aromatic heterocycles. The lowest BCUT2D eigenvalue weighted by Crippen LogP contribution is -1.99. The van der Waals surface area contributed by atoms with Crippen LogP contribution in [0.4, 0.5) is 22.7 Å². The number of non-ortho nitro benzene ring substituents is 1. The largest absolute Gasteiger partial charge is 0.301 e. The van der Waals surface area contributed by atoms with Crippen molar-refractivity contribution in [2.75, 3.05) is 5.43 Å². The number of nitro groups is 3. The molecule has 1 N–H and O–H groups in total. The monoisotopic (exact) mass is 365 g/mol. The van der Waals surface area contributed by atoms with E-state index in [2.05, 4.69) is 10.5 Å². The lowest BCUT2D eigenvalue weighted by atomic mass is 10.2. The van der Waals surface area contributed by atoms with Crippen LogP contribution in [0.2, 0.25) is 5.02 Å². The molecular weight excluding hydrogens is 358 g/mol. The molecule has 128 valence electrons. The Morgan fingerprint density at radius 2 is 1.60 bits per heavy atom. The van der Waals surface area contributed by atoms with Crippen molar-refractivity contribution in [2.24, 2.45) is 5.10 Å². The van der Waals surface area contributed by atoms with Crippen LogP contribution >= 0.6 is 11.6 Å². The fourth-order valence-corrected chi connectivity index (χ4v) is 1.99. The lowest BCUT2D eigenvalue weighted by molar-refractivity contribution is -0.393. The van der Waals surface area contributed by atoms with Gasteiger partial charge in [-0.3, -0.25) is 35.8 Å². The molecule has 0 fully saturated rings. The summed E-state index contributed by atoms with van der Waals surface area (Å²) >= 11 is 5.69. The highest BCUT2D eigenvalue weighted by Gasteiger charge is 2.19. The molecule has 2 aromatic rings. The number of halogens is 1. The Morgan fingerprint density at radius 1 is 0.920 bits per heavy atom. The summed E-state index contributed by atoms with van der Waals surface area (Å²) < 4.78 is 0. The zero-order valence-corrected chi connectivity index (χ0v) is 12.9. The Morgan fingerprint density at radius 3 is 2.20 bits per heavy atom. The number of anilines is 1. The predicted molar refractivity (Wildman–Crippen MR) is 89.1 cm³/mol. The van der Waals surface area contributed by atoms with E-state index in [4.69, 9.17) is 11.6 Å². The van der Waals surface area contributed by atoms with Crippen LogP contribution in [0.15, 0.2) is 41.5 Å². The minimum atomic E-state index is -0.794. The van der Waals surface area contributed by atoms with Gasteiger partial charge in [-0.05, 0) is 12.1 Å². The second kappa shape index (κ2) is 7.31. The topological polar surface area (TPSA) is 154 Å². The summed E-state index contributed by atoms with van der Waals surface area (Å²) in [6.07, 6.45) is 1.19. The molecule has 0 radical (unpaired) electrons. The van der Waals surface area contributed by atoms with Crippen LogP contribution in [0.3, 0.4) is 0 Å². The van der Waals surface area contributed by atoms with E-state index in [-0.39, 0.29) is 16.4 Å². The van der Waals surface area contributed by atoms with Gasteiger partial charge in [-0.1, -0.05) is 17.7 Å². The summed E-state index contributed by atoms with van der Waals surface area (Å²) in [7, 11) is 0. The summed E-state index contributed by atoms with van der Waals surface area (Å²) in [4.78, 5) is 30.3. The van der Waals surface area contributed by atoms with Crippen LogP contribution in [0, 0.1) is 30.3 Å². The number of nitrogens with zero attached hydrogens (tertiary/aromatic N) is 4. The standard InChI is InChI=1S/C13H8ClN5O6/c14-10-3-1-8(5-12(10)18(22)23)7-15-16-11-4-2-9(17(20)21)6-13(11)19(24)25/h1-7,16H/b15-7-. The smallest absolute Gasteiger partial charge is 0.272 e. The van der Waals surface area contributed by atoms with Gasteiger partial charge in [0.15, 0.2) is 0 Å². The predicted octanol–water partition coefficient (Wildman–Crippen LogP) is 3.51. The molecule has 0 bridgehead atoms. The quantitative estimate of drug-likeness (QED) is 0.466. The maximum absolute atomic E-state index is 11.0. The van der Waals surface area contributed by atoms with Gasteiger partial charge in [0, 0.05) is 17.7 Å². The highest BCUT2D eigenvalue weighted by atomic mass is 35.5. The van der Waals surface area contributed by atoms with Crippen molar-refractivity contribution in [1.82, 2.24) is 0 Å². The van der Waals surface area contributed by atoms with Crippen LogP contribution < -0.4 is 5.43 Å². The summed E-state index contributed by atoms with van der Waals surface area (Å²) in [5.41, 5.74) is 1.35. The van der Waals surface area contributed by atoms with Crippen molar-refractivity contribution in [1.29, 1.82) is 0 Å². The number of nitro benzene ring substituents is 3. The van der Waals surface area contributed by atoms with Gasteiger partial charge in [-0.15, -0.1) is 0 Å². The van der Waals surface area contributed by atoms with Gasteiger partial charge in [-0.25, -0.2) is 0 Å². The summed E-state index contributed by atoms with van der Waals surface area (Å²) in [5, 5.41) is 36.2. The van der Waals surface area contributed by atoms with Crippen LogP contribution in [0.5, 0.6) is 0 Å². The van der Waals surface area contributed by atoms with Crippen molar-refractivity contribution in [2.45, 2.75) is 0 Å². The second-order valence-corrected chi connectivity index (χ2v) is 4.96. The third-order valence-corrected chi connectivity index (χ3v) is 3.27. The van der Waals surface area contributed by atoms with Gasteiger partial charge < -0.3 is 0 Å². The number of hydrogen-bond acceptors (Lipinski definition) is 8. The summed E-state index contributed by atoms with van der Waals surface area (Å²) in [5.74, 6) is 0. The third-order valence-electron chi connectivity index (χ3n) is 2.95. The molecule has 0 spiro atoms. The van der Waals surface area contributed by atoms with Crippen LogP contribution in [0.1, 0.15) is 5.56 Å². The molecule has 2 rings (SSSR count). The number of hydrogen-bond donors (Lipinski definition) is 1. The first-order valence-electron chi connectivity index (χ1n) is 6.45. The molecule has 0 aliphatic carbocycles. The molecule has 0 saturated carbocycles. The molecule has 12 heteroatoms. The van der Waals surface area contributed by atoms with E-state index in [1.165, 1.54) is 24.4 Å². The fourth-order valence-electron chi connectivity index (χ4n) is 1.81. The molecule has 0 atom stereocenters. The first-order valence-corrected chi connectivity index (χ1v) is 6.83. The fraction of sp³-hybridized carbons (Fsp3) is 0. The van der Waals surface area contributed by atoms with Crippen molar-refractivity contribution in [3.05, 3.63) is 77.3 Å². The molecule has 0 saturated heterocycles. The Bertz CT molecular complexity index is 900. The van der Waals surface area contributed by atoms with Crippen LogP contribution in [0.25, 0.3) is 0 Å². The van der Waals surface area contributed by atoms with Crippen molar-refractivity contribution in [3.8, 4) is 0 Å². The molecule has 25 heavy (non-hydrogen) atoms. The molecule has 0 amide bonds. The zero-order valence-electron chi connectivity index (χ0n) is 12.2. The van der Waals surface area contributed by atoms with Crippen molar-refractivity contribution in [3.63, 3.8) is 0 Å². The maximum atomic E-state index is 11.0. The highest BCUT2D eigenvalue weighted by Crippen LogP contribution is 2.29. The van der Waals surface area contributed by atoms with Crippen molar-refractivity contribution >= 4 is 40.6 Å². The van der Waals surface area contributed by atoms with E-state index >= 15 is 0 Å². The van der Waals surface area contributed by atoms with Crippen LogP contribution in [-0.2, 0) is 0 Å². The molecule has 0 heterocycles. The van der Waals surface area contributed by atoms with E-state index < -0.39 is 26.1 Å². The number of hydrazone groups is 1. The molecule has 11 nitrogen and oxygen atoms in total. The van der Waals surface area contributed by atoms with Gasteiger partial charge in [0.05, 0.1) is 27.1 Å². The highest BCUT2D eigenvalue weighted by molar-refractivity contribution is 6.32. The zero-order chi connectivity index (χ0) is 18.6. The summed E-state index contributed by atoms with van der Waals surface area (Å²) in [6.45, 7) is 0. The molecule has 0 aliphatic rings. The van der Waals surface area contributed by atoms with E-state index in [0.29, 0.717) is 5.56 Å². The Balaban J connectivity index is 2.25. The first-order chi connectivity index (χ1) is 11.8. The van der Waals surface area contributed by atoms with E-state index in [0.717, 1.165) is 18.2 Å². The van der Waals surface area contributed by atoms with Gasteiger partial charge in [0.1, 0.15) is 10.7 Å². The summed E-state index contributed by atoms with van der Waals surface area (Å²) in [6, 6.07) is 6.97. The van der Waals surface area contributed by atoms with Crippen molar-refractivity contribution < 1.29 is 14.8 Å². The number of nitrogens with one attached hydrogen (secondary N) is 1. The lowest BCUT2D eigenvalue weighted by Gasteiger charge is -2.02. The second-order valence-electron chi connectivity index (χ2n) is 4.55. The Labute approximate surface area is 144 Å². The van der Waals surface area contributed by atoms with Crippen LogP contribution in [-0.4, -0.2) is 21.0 Å². The Kier molecular flexibility index (Phi) is 5.19. The molecule has 2 aromatic carbocycles.